The van der Waals surface area contributed by atoms with Crippen molar-refractivity contribution in [3.63, 3.8) is 0 Å². The van der Waals surface area contributed by atoms with Crippen molar-refractivity contribution < 1.29 is 56.5 Å². The molecule has 0 bridgehead atoms. The quantitative estimate of drug-likeness (QED) is 0.0156. The van der Waals surface area contributed by atoms with Crippen molar-refractivity contribution in [1.82, 2.24) is 20.4 Å². The van der Waals surface area contributed by atoms with Gasteiger partial charge in [-0.15, -0.1) is 0 Å². The van der Waals surface area contributed by atoms with Crippen molar-refractivity contribution in [3.8, 4) is 11.5 Å². The first kappa shape index (κ1) is 54.1. The average molecular weight is 1070 g/mol. The lowest BCUT2D eigenvalue weighted by atomic mass is 10.0. The van der Waals surface area contributed by atoms with Crippen LogP contribution >= 0.6 is 21.6 Å². The summed E-state index contributed by atoms with van der Waals surface area (Å²) in [6.45, 7) is 2.08. The van der Waals surface area contributed by atoms with Crippen LogP contribution in [0.5, 0.6) is 11.5 Å². The highest BCUT2D eigenvalue weighted by atomic mass is 33.1. The third-order valence-corrected chi connectivity index (χ3v) is 14.6. The van der Waals surface area contributed by atoms with E-state index in [1.807, 2.05) is 0 Å². The summed E-state index contributed by atoms with van der Waals surface area (Å²) < 4.78 is 56.0. The molecule has 0 radical (unpaired) electrons. The molecular formula is C58H52F2N4O10S2. The number of ether oxygens (including phenoxy) is 4. The number of nitrogens with zero attached hydrogens (tertiary/aromatic N) is 2. The Hall–Kier alpha value is -8.22. The van der Waals surface area contributed by atoms with Crippen molar-refractivity contribution in [2.45, 2.75) is 50.7 Å². The van der Waals surface area contributed by atoms with Crippen molar-refractivity contribution in [2.75, 3.05) is 24.7 Å². The number of hydrogen-bond acceptors (Lipinski definition) is 12. The topological polar surface area (TPSA) is 170 Å². The summed E-state index contributed by atoms with van der Waals surface area (Å²) in [6, 6.07) is 49.2. The summed E-state index contributed by atoms with van der Waals surface area (Å²) in [5, 5.41) is 4.73. The van der Waals surface area contributed by atoms with Crippen molar-refractivity contribution in [1.29, 1.82) is 0 Å². The molecule has 8 rings (SSSR count). The molecule has 0 unspecified atom stereocenters. The Bertz CT molecular complexity index is 2770. The minimum absolute atomic E-state index is 0.0143. The zero-order valence-electron chi connectivity index (χ0n) is 41.2. The third kappa shape index (κ3) is 13.2. The van der Waals surface area contributed by atoms with E-state index in [0.29, 0.717) is 43.6 Å². The van der Waals surface area contributed by atoms with Gasteiger partial charge in [0.2, 0.25) is 12.6 Å². The molecule has 76 heavy (non-hydrogen) atoms. The number of amides is 4. The summed E-state index contributed by atoms with van der Waals surface area (Å²) in [6.07, 6.45) is -6.27. The van der Waals surface area contributed by atoms with Gasteiger partial charge in [-0.1, -0.05) is 179 Å². The maximum Gasteiger partial charge on any atom is 0.356 e. The summed E-state index contributed by atoms with van der Waals surface area (Å²) in [5.41, 5.74) is 2.11. The van der Waals surface area contributed by atoms with E-state index < -0.39 is 85.7 Å². The molecule has 6 aromatic rings. The fraction of sp³-hybridized carbons (Fsp3) is 0.207. The number of benzene rings is 6. The molecular weight excluding hydrogens is 1010 g/mol. The number of likely N-dealkylation sites (tertiary alicyclic amines) is 2. The van der Waals surface area contributed by atoms with Crippen LogP contribution in [0.15, 0.2) is 205 Å². The van der Waals surface area contributed by atoms with Crippen LogP contribution in [-0.4, -0.2) is 94.8 Å². The number of β-lactam (4-membered cyclic amide) rings is 2. The lowest BCUT2D eigenvalue weighted by molar-refractivity contribution is -0.165. The number of carbonyl (C=O) groups excluding carboxylic acids is 6. The number of esters is 2. The Balaban J connectivity index is 1.03. The highest BCUT2D eigenvalue weighted by Crippen LogP contribution is 2.38. The first-order valence-electron chi connectivity index (χ1n) is 24.0. The monoisotopic (exact) mass is 1070 g/mol. The fourth-order valence-electron chi connectivity index (χ4n) is 8.25. The average Bonchev–Trinajstić information content (AvgIpc) is 3.46. The van der Waals surface area contributed by atoms with Crippen LogP contribution in [0.4, 0.5) is 8.78 Å². The van der Waals surface area contributed by atoms with Crippen LogP contribution in [0, 0.1) is 0 Å². The number of carbonyl (C=O) groups is 6. The maximum absolute atomic E-state index is 16.4. The van der Waals surface area contributed by atoms with Crippen molar-refractivity contribution in [2.24, 2.45) is 0 Å². The molecule has 2 heterocycles. The lowest BCUT2D eigenvalue weighted by Gasteiger charge is -2.43. The molecule has 4 atom stereocenters. The third-order valence-electron chi connectivity index (χ3n) is 12.1. The van der Waals surface area contributed by atoms with Gasteiger partial charge < -0.3 is 29.6 Å². The van der Waals surface area contributed by atoms with Gasteiger partial charge in [0, 0.05) is 11.5 Å². The molecule has 0 aliphatic carbocycles. The van der Waals surface area contributed by atoms with Crippen molar-refractivity contribution in [3.05, 3.63) is 227 Å². The summed E-state index contributed by atoms with van der Waals surface area (Å²) >= 11 is 0. The van der Waals surface area contributed by atoms with Crippen LogP contribution in [0.25, 0.3) is 0 Å². The molecule has 2 aliphatic heterocycles. The van der Waals surface area contributed by atoms with Gasteiger partial charge in [-0.3, -0.25) is 29.0 Å². The SMILES string of the molecule is C/C(CSSC/C(C)=C(/C(=O)OC(c1ccccc1)c1ccccc1)N1C(=O)[C@@H](NC(=O)COc2ccccc2)[C@@H]1F)=C(\C(=O)OC(c1ccccc1)c1ccccc1)N1C(=O)[C@@H](NC(=O)COc2ccccc2)[C@@H]1F. The molecule has 6 aromatic carbocycles. The zero-order valence-corrected chi connectivity index (χ0v) is 42.8. The van der Waals surface area contributed by atoms with Crippen LogP contribution < -0.4 is 20.1 Å². The van der Waals surface area contributed by atoms with E-state index in [1.165, 1.54) is 13.8 Å². The van der Waals surface area contributed by atoms with Gasteiger partial charge in [-0.05, 0) is 71.5 Å². The number of rotatable bonds is 23. The molecule has 18 heteroatoms. The largest absolute Gasteiger partial charge is 0.484 e. The normalized spacial score (nSPS) is 17.6. The van der Waals surface area contributed by atoms with Gasteiger partial charge >= 0.3 is 11.9 Å². The molecule has 2 aliphatic rings. The molecule has 2 N–H and O–H groups in total. The molecule has 2 saturated heterocycles. The summed E-state index contributed by atoms with van der Waals surface area (Å²) in [5.74, 6) is -4.59. The smallest absolute Gasteiger partial charge is 0.356 e. The van der Waals surface area contributed by atoms with E-state index in [-0.39, 0.29) is 34.0 Å². The van der Waals surface area contributed by atoms with Gasteiger partial charge in [0.1, 0.15) is 22.9 Å². The van der Waals surface area contributed by atoms with Crippen LogP contribution in [0.3, 0.4) is 0 Å². The Morgan fingerprint density at radius 2 is 0.750 bits per heavy atom. The van der Waals surface area contributed by atoms with Gasteiger partial charge in [-0.2, -0.15) is 0 Å². The number of nitrogens with one attached hydrogen (secondary N) is 2. The second-order valence-corrected chi connectivity index (χ2v) is 19.9. The van der Waals surface area contributed by atoms with Crippen LogP contribution in [0.1, 0.15) is 48.3 Å². The standard InChI is InChI=1S/C58H52F2N4O10S2/c1-37(49(57(69)73-51(39-21-9-3-10-22-39)40-23-11-4-12-24-40)63-53(59)47(55(63)67)61-45(65)33-71-43-29-17-7-18-30-43)35-75-76-36-38(2)50(58(70)74-52(41-25-13-5-14-26-41)42-27-15-6-16-28-42)64-54(60)48(56(64)68)62-46(66)34-72-44-31-19-8-20-32-44/h3-32,47-48,51-54H,33-36H2,1-2H3,(H,61,65)(H,62,66)/b49-37-,50-38-/t47-,48-,53+,54+/m0/s1. The number of halogens is 2. The lowest BCUT2D eigenvalue weighted by Crippen LogP contribution is -2.69. The Kier molecular flexibility index (Phi) is 18.4. The molecule has 390 valence electrons. The van der Waals surface area contributed by atoms with Gasteiger partial charge in [0.05, 0.1) is 0 Å². The van der Waals surface area contributed by atoms with E-state index in [9.17, 15) is 28.8 Å². The minimum Gasteiger partial charge on any atom is -0.484 e. The molecule has 14 nitrogen and oxygen atoms in total. The fourth-order valence-corrected chi connectivity index (χ4v) is 10.6. The van der Waals surface area contributed by atoms with Crippen LogP contribution in [0.2, 0.25) is 0 Å². The number of alkyl halides is 2. The highest BCUT2D eigenvalue weighted by molar-refractivity contribution is 8.76. The van der Waals surface area contributed by atoms with E-state index >= 15 is 8.78 Å². The molecule has 0 aromatic heterocycles. The number of hydrogen-bond donors (Lipinski definition) is 2. The van der Waals surface area contributed by atoms with E-state index in [1.54, 1.807) is 182 Å². The second kappa shape index (κ2) is 25.8. The molecule has 0 spiro atoms. The van der Waals surface area contributed by atoms with E-state index in [2.05, 4.69) is 10.6 Å². The summed E-state index contributed by atoms with van der Waals surface area (Å²) in [7, 11) is 2.31. The molecule has 0 saturated carbocycles. The predicted molar refractivity (Wildman–Crippen MR) is 283 cm³/mol. The highest BCUT2D eigenvalue weighted by Gasteiger charge is 2.54. The van der Waals surface area contributed by atoms with Gasteiger partial charge in [0.15, 0.2) is 37.5 Å². The van der Waals surface area contributed by atoms with E-state index in [4.69, 9.17) is 18.9 Å². The number of para-hydroxylation sites is 2. The Morgan fingerprint density at radius 3 is 1.03 bits per heavy atom. The minimum atomic E-state index is -2.17. The summed E-state index contributed by atoms with van der Waals surface area (Å²) in [4.78, 5) is 83.7. The first-order valence-corrected chi connectivity index (χ1v) is 26.5. The maximum atomic E-state index is 16.4. The van der Waals surface area contributed by atoms with Crippen molar-refractivity contribution >= 4 is 57.2 Å². The zero-order chi connectivity index (χ0) is 53.6. The van der Waals surface area contributed by atoms with Crippen LogP contribution in [-0.2, 0) is 38.2 Å². The molecule has 2 fully saturated rings. The Morgan fingerprint density at radius 1 is 0.474 bits per heavy atom. The second-order valence-electron chi connectivity index (χ2n) is 17.5. The van der Waals surface area contributed by atoms with E-state index in [0.717, 1.165) is 21.6 Å². The first-order chi connectivity index (χ1) is 36.9. The predicted octanol–water partition coefficient (Wildman–Crippen LogP) is 8.98. The van der Waals surface area contributed by atoms with Gasteiger partial charge in [-0.25, -0.2) is 18.4 Å². The van der Waals surface area contributed by atoms with Gasteiger partial charge in [0.25, 0.3) is 23.6 Å². The Labute approximate surface area is 445 Å². The molecule has 4 amide bonds.